The zero-order chi connectivity index (χ0) is 59.5. The molecule has 8 rings (SSSR count). The largest absolute Gasteiger partial charge is 0.494 e. The Bertz CT molecular complexity index is 3050. The molecule has 0 bridgehead atoms. The standard InChI is InChI=1S/C63H83N11O9S/c1-43(67-58(77)49-14-11-15-50(37-49)70-63(24-28-73(6)29-25-63)61-69-57(71-72-61)47-21-26-64-27-22-47)48-13-12-16-52(38-48)83-31-10-8-7-9-30-80-33-35-82-36-34-81-32-23-54(76)68-56(62(3,4)5)60(79)74-41-51(75)39-53(74)59(78)65-40-45-17-19-46(20-18-45)55-44(2)66-42-84-55/h11-22,26-27,37-38,42-43,51,53,56,70,75H,7-10,23-25,28-36,39-41H2,1-6H3,(H,65,78)(H,67,77)(H,68,76)(H,69,71,72)/t43-,51-,53+,56-/m1/s1. The highest BCUT2D eigenvalue weighted by Gasteiger charge is 2.45. The average Bonchev–Trinajstić information content (AvgIpc) is 2.65. The topological polar surface area (TPSA) is 247 Å². The molecular weight excluding hydrogens is 1090 g/mol. The molecule has 4 amide bonds. The zero-order valence-corrected chi connectivity index (χ0v) is 50.2. The van der Waals surface area contributed by atoms with Gasteiger partial charge in [0, 0.05) is 74.8 Å². The molecule has 5 heterocycles. The lowest BCUT2D eigenvalue weighted by atomic mass is 9.85. The van der Waals surface area contributed by atoms with Crippen LogP contribution in [0.25, 0.3) is 21.8 Å². The summed E-state index contributed by atoms with van der Waals surface area (Å²) < 4.78 is 23.2. The van der Waals surface area contributed by atoms with E-state index >= 15 is 0 Å². The molecule has 0 unspecified atom stereocenters. The lowest BCUT2D eigenvalue weighted by Crippen LogP contribution is -2.57. The van der Waals surface area contributed by atoms with E-state index in [2.05, 4.69) is 53.4 Å². The third kappa shape index (κ3) is 17.9. The Labute approximate surface area is 497 Å². The van der Waals surface area contributed by atoms with Crippen LogP contribution in [0, 0.1) is 12.3 Å². The van der Waals surface area contributed by atoms with Gasteiger partial charge in [-0.2, -0.15) is 5.10 Å². The Morgan fingerprint density at radius 2 is 1.54 bits per heavy atom. The molecule has 0 spiro atoms. The number of aliphatic hydroxyl groups is 1. The summed E-state index contributed by atoms with van der Waals surface area (Å²) >= 11 is 1.58. The Morgan fingerprint density at radius 3 is 2.25 bits per heavy atom. The first kappa shape index (κ1) is 62.9. The molecule has 3 aromatic heterocycles. The summed E-state index contributed by atoms with van der Waals surface area (Å²) in [7, 11) is 2.12. The highest BCUT2D eigenvalue weighted by atomic mass is 32.1. The van der Waals surface area contributed by atoms with E-state index in [9.17, 15) is 24.3 Å². The fraction of sp³-hybridized carbons (Fsp3) is 0.492. The fourth-order valence-corrected chi connectivity index (χ4v) is 11.2. The van der Waals surface area contributed by atoms with Crippen LogP contribution in [0.4, 0.5) is 5.69 Å². The van der Waals surface area contributed by atoms with Gasteiger partial charge in [0.05, 0.1) is 73.4 Å². The summed E-state index contributed by atoms with van der Waals surface area (Å²) in [4.78, 5) is 72.4. The number of piperidine rings is 1. The number of aromatic nitrogens is 5. The van der Waals surface area contributed by atoms with E-state index in [1.165, 1.54) is 4.90 Å². The number of hydrogen-bond acceptors (Lipinski definition) is 16. The van der Waals surface area contributed by atoms with Gasteiger partial charge in [-0.1, -0.05) is 69.7 Å². The number of unbranched alkanes of at least 4 members (excludes halogenated alkanes) is 3. The number of β-amino-alcohol motifs (C(OH)–C–C–N with tert-alkyl or cyclic N) is 1. The van der Waals surface area contributed by atoms with E-state index in [-0.39, 0.29) is 56.3 Å². The number of aromatic amines is 1. The lowest BCUT2D eigenvalue weighted by Gasteiger charge is -2.40. The van der Waals surface area contributed by atoms with E-state index < -0.39 is 35.0 Å². The van der Waals surface area contributed by atoms with Crippen LogP contribution in [0.1, 0.15) is 118 Å². The molecule has 21 heteroatoms. The normalized spacial score (nSPS) is 16.9. The number of likely N-dealkylation sites (tertiary alicyclic amines) is 2. The third-order valence-corrected chi connectivity index (χ3v) is 16.3. The number of rotatable bonds is 30. The van der Waals surface area contributed by atoms with Crippen LogP contribution in [0.15, 0.2) is 103 Å². The van der Waals surface area contributed by atoms with Crippen molar-refractivity contribution in [2.75, 3.05) is 78.2 Å². The van der Waals surface area contributed by atoms with E-state index in [4.69, 9.17) is 23.9 Å². The van der Waals surface area contributed by atoms with Gasteiger partial charge in [0.2, 0.25) is 17.7 Å². The predicted molar refractivity (Wildman–Crippen MR) is 323 cm³/mol. The Hall–Kier alpha value is -7.14. The molecule has 0 radical (unpaired) electrons. The fourth-order valence-electron chi connectivity index (χ4n) is 10.3. The van der Waals surface area contributed by atoms with Crippen LogP contribution in [-0.4, -0.2) is 155 Å². The molecule has 84 heavy (non-hydrogen) atoms. The number of hydrogen-bond donors (Lipinski definition) is 6. The SMILES string of the molecule is Cc1ncsc1-c1ccc(CNC(=O)[C@@H]2C[C@@H](O)CN2C(=O)[C@@H](NC(=O)CCOCCOCCOCCCCCCOc2cccc([C@@H](C)NC(=O)c3cccc(NC4(c5nc(-c6ccncc6)n[nH]5)CCN(C)CC4)c3)c2)C(C)(C)C)cc1. The molecule has 6 aromatic rings. The molecule has 450 valence electrons. The van der Waals surface area contributed by atoms with E-state index in [1.54, 1.807) is 23.7 Å². The monoisotopic (exact) mass is 1170 g/mol. The maximum Gasteiger partial charge on any atom is 0.251 e. The molecule has 2 saturated heterocycles. The van der Waals surface area contributed by atoms with Crippen molar-refractivity contribution in [3.8, 4) is 27.6 Å². The van der Waals surface area contributed by atoms with Crippen molar-refractivity contribution in [2.24, 2.45) is 5.41 Å². The van der Waals surface area contributed by atoms with Crippen molar-refractivity contribution in [1.29, 1.82) is 0 Å². The number of carbonyl (C=O) groups excluding carboxylic acids is 4. The second kappa shape index (κ2) is 30.6. The number of thiazole rings is 1. The number of pyridine rings is 1. The summed E-state index contributed by atoms with van der Waals surface area (Å²) in [5.74, 6) is 0.844. The summed E-state index contributed by atoms with van der Waals surface area (Å²) in [6.07, 6.45) is 8.20. The number of H-pyrrole nitrogens is 1. The number of nitrogens with one attached hydrogen (secondary N) is 5. The first-order chi connectivity index (χ1) is 40.5. The number of anilines is 1. The van der Waals surface area contributed by atoms with Gasteiger partial charge in [-0.3, -0.25) is 29.3 Å². The van der Waals surface area contributed by atoms with Crippen molar-refractivity contribution < 1.29 is 43.2 Å². The van der Waals surface area contributed by atoms with Crippen molar-refractivity contribution in [3.05, 3.63) is 131 Å². The first-order valence-electron chi connectivity index (χ1n) is 29.3. The summed E-state index contributed by atoms with van der Waals surface area (Å²) in [5, 5.41) is 31.1. The van der Waals surface area contributed by atoms with Crippen molar-refractivity contribution in [3.63, 3.8) is 0 Å². The molecule has 0 aliphatic carbocycles. The second-order valence-corrected chi connectivity index (χ2v) is 23.8. The number of amides is 4. The van der Waals surface area contributed by atoms with E-state index in [0.29, 0.717) is 51.0 Å². The molecule has 2 fully saturated rings. The molecule has 0 saturated carbocycles. The highest BCUT2D eigenvalue weighted by molar-refractivity contribution is 7.13. The number of ether oxygens (including phenoxy) is 4. The third-order valence-electron chi connectivity index (χ3n) is 15.3. The van der Waals surface area contributed by atoms with Crippen molar-refractivity contribution >= 4 is 40.7 Å². The molecule has 3 aromatic carbocycles. The van der Waals surface area contributed by atoms with E-state index in [1.807, 2.05) is 125 Å². The quantitative estimate of drug-likeness (QED) is 0.0234. The predicted octanol–water partition coefficient (Wildman–Crippen LogP) is 8.01. The average molecular weight is 1170 g/mol. The molecular formula is C63H83N11O9S. The number of carbonyl (C=O) groups is 4. The minimum absolute atomic E-state index is 0.00220. The first-order valence-corrected chi connectivity index (χ1v) is 30.1. The Kier molecular flexibility index (Phi) is 22.9. The lowest BCUT2D eigenvalue weighted by molar-refractivity contribution is -0.144. The van der Waals surface area contributed by atoms with Crippen LogP contribution in [0.5, 0.6) is 5.75 Å². The van der Waals surface area contributed by atoms with Gasteiger partial charge in [-0.05, 0) is 118 Å². The summed E-state index contributed by atoms with van der Waals surface area (Å²) in [6.45, 7) is 14.4. The number of aryl methyl sites for hydroxylation is 1. The number of benzene rings is 3. The van der Waals surface area contributed by atoms with Crippen molar-refractivity contribution in [1.82, 2.24) is 50.9 Å². The highest BCUT2D eigenvalue weighted by Crippen LogP contribution is 2.36. The number of aliphatic hydroxyl groups excluding tert-OH is 1. The van der Waals surface area contributed by atoms with Gasteiger partial charge in [0.25, 0.3) is 5.91 Å². The Balaban J connectivity index is 0.651. The van der Waals surface area contributed by atoms with Crippen LogP contribution < -0.4 is 26.0 Å². The van der Waals surface area contributed by atoms with Crippen LogP contribution in [-0.2, 0) is 40.7 Å². The second-order valence-electron chi connectivity index (χ2n) is 22.9. The van der Waals surface area contributed by atoms with E-state index in [0.717, 1.165) is 102 Å². The molecule has 2 aliphatic heterocycles. The Morgan fingerprint density at radius 1 is 0.833 bits per heavy atom. The van der Waals surface area contributed by atoms with Crippen molar-refractivity contribution in [2.45, 2.75) is 122 Å². The smallest absolute Gasteiger partial charge is 0.251 e. The van der Waals surface area contributed by atoms with Gasteiger partial charge in [-0.25, -0.2) is 9.97 Å². The maximum atomic E-state index is 14.0. The van der Waals surface area contributed by atoms with Gasteiger partial charge in [-0.15, -0.1) is 11.3 Å². The number of nitrogens with zero attached hydrogens (tertiary/aromatic N) is 6. The molecule has 2 aliphatic rings. The van der Waals surface area contributed by atoms with Gasteiger partial charge in [0.15, 0.2) is 11.6 Å². The van der Waals surface area contributed by atoms with Gasteiger partial charge < -0.3 is 55.1 Å². The van der Waals surface area contributed by atoms with Crippen LogP contribution in [0.3, 0.4) is 0 Å². The summed E-state index contributed by atoms with van der Waals surface area (Å²) in [6, 6.07) is 25.1. The molecule has 20 nitrogen and oxygen atoms in total. The van der Waals surface area contributed by atoms with Crippen LogP contribution in [0.2, 0.25) is 0 Å². The zero-order valence-electron chi connectivity index (χ0n) is 49.4. The van der Waals surface area contributed by atoms with Gasteiger partial charge in [0.1, 0.15) is 17.8 Å². The van der Waals surface area contributed by atoms with Gasteiger partial charge >= 0.3 is 0 Å². The minimum Gasteiger partial charge on any atom is -0.494 e. The minimum atomic E-state index is -0.925. The molecule has 4 atom stereocenters. The maximum absolute atomic E-state index is 14.0. The van der Waals surface area contributed by atoms with Crippen LogP contribution >= 0.6 is 11.3 Å². The molecule has 6 N–H and O–H groups in total. The summed E-state index contributed by atoms with van der Waals surface area (Å²) in [5.41, 5.74) is 6.79.